The third-order valence-electron chi connectivity index (χ3n) is 5.76. The number of carbonyl (C=O) groups is 1. The Balaban J connectivity index is 1.71. The number of aliphatic imine (C=N–C) groups is 1. The Bertz CT molecular complexity index is 1010. The lowest BCUT2D eigenvalue weighted by Gasteiger charge is -2.43. The standard InChI is InChI=1S/C26H32N4O3S/c1-3-33-17-10-16-30-23(20-13-8-5-9-14-20)29-24-21(25(30)31)22(19-11-6-4-7-12-19)28-26(34-24)27-15-18-32-2/h4-9,11-14,22-23,29H,3,10,15-18H2,1-2H3,(H,27,28)/t22-,23+/m1/s1. The number of thioether (sulfide) groups is 1. The highest BCUT2D eigenvalue weighted by atomic mass is 32.2. The summed E-state index contributed by atoms with van der Waals surface area (Å²) in [5, 5.41) is 8.80. The summed E-state index contributed by atoms with van der Waals surface area (Å²) in [6, 6.07) is 19.9. The summed E-state index contributed by atoms with van der Waals surface area (Å²) in [4.78, 5) is 20.6. The first-order chi connectivity index (χ1) is 16.7. The minimum Gasteiger partial charge on any atom is -0.383 e. The van der Waals surface area contributed by atoms with Crippen LogP contribution in [0.1, 0.15) is 36.7 Å². The van der Waals surface area contributed by atoms with Crippen molar-refractivity contribution in [3.63, 3.8) is 0 Å². The molecule has 0 spiro atoms. The second-order valence-electron chi connectivity index (χ2n) is 8.02. The van der Waals surface area contributed by atoms with Crippen molar-refractivity contribution in [3.05, 3.63) is 82.4 Å². The van der Waals surface area contributed by atoms with Gasteiger partial charge in [0.15, 0.2) is 5.17 Å². The van der Waals surface area contributed by atoms with Gasteiger partial charge < -0.3 is 25.0 Å². The van der Waals surface area contributed by atoms with Gasteiger partial charge in [0.05, 0.1) is 29.8 Å². The molecule has 0 radical (unpaired) electrons. The van der Waals surface area contributed by atoms with Gasteiger partial charge in [0.1, 0.15) is 6.17 Å². The van der Waals surface area contributed by atoms with Crippen molar-refractivity contribution in [2.75, 3.05) is 40.0 Å². The molecular weight excluding hydrogens is 448 g/mol. The van der Waals surface area contributed by atoms with E-state index in [4.69, 9.17) is 9.47 Å². The fourth-order valence-electron chi connectivity index (χ4n) is 4.13. The molecule has 1 amide bonds. The smallest absolute Gasteiger partial charge is 0.256 e. The number of hydrogen-bond acceptors (Lipinski definition) is 6. The number of methoxy groups -OCH3 is 1. The molecule has 0 unspecified atom stereocenters. The molecule has 2 aliphatic heterocycles. The zero-order chi connectivity index (χ0) is 23.8. The molecule has 2 aromatic rings. The first-order valence-corrected chi connectivity index (χ1v) is 12.5. The van der Waals surface area contributed by atoms with Crippen LogP contribution in [0.4, 0.5) is 0 Å². The summed E-state index contributed by atoms with van der Waals surface area (Å²) >= 11 is 1.48. The van der Waals surface area contributed by atoms with Crippen molar-refractivity contribution in [2.24, 2.45) is 4.99 Å². The molecule has 0 aromatic heterocycles. The molecule has 7 nitrogen and oxygen atoms in total. The van der Waals surface area contributed by atoms with Crippen LogP contribution in [-0.2, 0) is 14.3 Å². The minimum atomic E-state index is -0.287. The highest BCUT2D eigenvalue weighted by molar-refractivity contribution is 8.17. The molecule has 0 bridgehead atoms. The average Bonchev–Trinajstić information content (AvgIpc) is 2.88. The van der Waals surface area contributed by atoms with Crippen LogP contribution >= 0.6 is 11.8 Å². The van der Waals surface area contributed by atoms with Gasteiger partial charge in [-0.25, -0.2) is 0 Å². The maximum absolute atomic E-state index is 14.0. The van der Waals surface area contributed by atoms with Gasteiger partial charge in [-0.05, 0) is 36.2 Å². The number of amides is 1. The lowest BCUT2D eigenvalue weighted by Crippen LogP contribution is -2.52. The Hall–Kier alpha value is -2.81. The molecule has 2 aliphatic rings. The van der Waals surface area contributed by atoms with Crippen LogP contribution in [0.5, 0.6) is 0 Å². The second-order valence-corrected chi connectivity index (χ2v) is 9.02. The molecule has 0 saturated heterocycles. The van der Waals surface area contributed by atoms with E-state index in [0.717, 1.165) is 33.3 Å². The predicted octanol–water partition coefficient (Wildman–Crippen LogP) is 3.84. The van der Waals surface area contributed by atoms with E-state index in [-0.39, 0.29) is 18.1 Å². The largest absolute Gasteiger partial charge is 0.383 e. The van der Waals surface area contributed by atoms with Crippen LogP contribution in [0.15, 0.2) is 76.3 Å². The summed E-state index contributed by atoms with van der Waals surface area (Å²) in [5.41, 5.74) is 2.80. The Kier molecular flexibility index (Phi) is 8.62. The fraction of sp³-hybridized carbons (Fsp3) is 0.385. The normalized spacial score (nSPS) is 21.3. The van der Waals surface area contributed by atoms with Gasteiger partial charge in [-0.2, -0.15) is 0 Å². The minimum absolute atomic E-state index is 0.0314. The van der Waals surface area contributed by atoms with E-state index >= 15 is 0 Å². The molecule has 34 heavy (non-hydrogen) atoms. The molecular formula is C26H32N4O3S. The molecule has 2 aromatic carbocycles. The van der Waals surface area contributed by atoms with Crippen molar-refractivity contribution in [1.82, 2.24) is 15.5 Å². The number of amidine groups is 1. The van der Waals surface area contributed by atoms with E-state index in [1.165, 1.54) is 11.8 Å². The number of nitrogens with zero attached hydrogens (tertiary/aromatic N) is 2. The van der Waals surface area contributed by atoms with E-state index in [9.17, 15) is 4.79 Å². The monoisotopic (exact) mass is 480 g/mol. The number of ether oxygens (including phenoxy) is 2. The van der Waals surface area contributed by atoms with Crippen molar-refractivity contribution in [3.8, 4) is 0 Å². The van der Waals surface area contributed by atoms with E-state index in [1.807, 2.05) is 60.4 Å². The van der Waals surface area contributed by atoms with Gasteiger partial charge in [0.2, 0.25) is 0 Å². The molecule has 8 heteroatoms. The zero-order valence-electron chi connectivity index (χ0n) is 19.7. The van der Waals surface area contributed by atoms with Crippen LogP contribution in [0, 0.1) is 0 Å². The SMILES string of the molecule is CCOCCCN1C(=O)C2=C(N[C@@H]1c1ccccc1)SC(=NCCOC)N[C@@H]2c1ccccc1. The van der Waals surface area contributed by atoms with Crippen LogP contribution in [0.25, 0.3) is 0 Å². The van der Waals surface area contributed by atoms with E-state index in [2.05, 4.69) is 27.8 Å². The highest BCUT2D eigenvalue weighted by Crippen LogP contribution is 2.41. The number of nitrogens with one attached hydrogen (secondary N) is 2. The molecule has 2 atom stereocenters. The summed E-state index contributed by atoms with van der Waals surface area (Å²) in [5.74, 6) is 0.0314. The summed E-state index contributed by atoms with van der Waals surface area (Å²) in [6.07, 6.45) is 0.518. The molecule has 2 heterocycles. The Morgan fingerprint density at radius 2 is 1.71 bits per heavy atom. The van der Waals surface area contributed by atoms with Crippen LogP contribution < -0.4 is 10.6 Å². The first kappa shape index (κ1) is 24.3. The first-order valence-electron chi connectivity index (χ1n) is 11.7. The van der Waals surface area contributed by atoms with Gasteiger partial charge in [-0.1, -0.05) is 60.7 Å². The van der Waals surface area contributed by atoms with Crippen molar-refractivity contribution >= 4 is 22.8 Å². The number of hydrogen-bond donors (Lipinski definition) is 2. The Labute approximate surface area is 205 Å². The number of carbonyl (C=O) groups excluding carboxylic acids is 1. The van der Waals surface area contributed by atoms with E-state index < -0.39 is 0 Å². The fourth-order valence-corrected chi connectivity index (χ4v) is 5.14. The van der Waals surface area contributed by atoms with Crippen LogP contribution in [-0.4, -0.2) is 56.0 Å². The Morgan fingerprint density at radius 1 is 1.00 bits per heavy atom. The summed E-state index contributed by atoms with van der Waals surface area (Å²) in [6.45, 7) is 4.97. The van der Waals surface area contributed by atoms with Crippen molar-refractivity contribution in [1.29, 1.82) is 0 Å². The summed E-state index contributed by atoms with van der Waals surface area (Å²) < 4.78 is 10.7. The second kappa shape index (κ2) is 12.1. The maximum Gasteiger partial charge on any atom is 0.256 e. The molecule has 0 aliphatic carbocycles. The number of benzene rings is 2. The lowest BCUT2D eigenvalue weighted by molar-refractivity contribution is -0.131. The van der Waals surface area contributed by atoms with Gasteiger partial charge >= 0.3 is 0 Å². The van der Waals surface area contributed by atoms with E-state index in [1.54, 1.807) is 7.11 Å². The average molecular weight is 481 g/mol. The maximum atomic E-state index is 14.0. The summed E-state index contributed by atoms with van der Waals surface area (Å²) in [7, 11) is 1.67. The third-order valence-corrected chi connectivity index (χ3v) is 6.74. The van der Waals surface area contributed by atoms with Crippen LogP contribution in [0.3, 0.4) is 0 Å². The Morgan fingerprint density at radius 3 is 2.38 bits per heavy atom. The molecule has 0 fully saturated rings. The van der Waals surface area contributed by atoms with Gasteiger partial charge in [0.25, 0.3) is 5.91 Å². The predicted molar refractivity (Wildman–Crippen MR) is 136 cm³/mol. The molecule has 2 N–H and O–H groups in total. The van der Waals surface area contributed by atoms with Gasteiger partial charge in [-0.3, -0.25) is 9.79 Å². The number of rotatable bonds is 10. The lowest BCUT2D eigenvalue weighted by atomic mass is 9.95. The topological polar surface area (TPSA) is 75.2 Å². The van der Waals surface area contributed by atoms with Crippen molar-refractivity contribution in [2.45, 2.75) is 25.6 Å². The van der Waals surface area contributed by atoms with Crippen molar-refractivity contribution < 1.29 is 14.3 Å². The third kappa shape index (κ3) is 5.63. The molecule has 0 saturated carbocycles. The van der Waals surface area contributed by atoms with Gasteiger partial charge in [0, 0.05) is 26.9 Å². The zero-order valence-corrected chi connectivity index (χ0v) is 20.5. The quantitative estimate of drug-likeness (QED) is 0.504. The highest BCUT2D eigenvalue weighted by Gasteiger charge is 2.41. The van der Waals surface area contributed by atoms with E-state index in [0.29, 0.717) is 32.9 Å². The van der Waals surface area contributed by atoms with Gasteiger partial charge in [-0.15, -0.1) is 0 Å². The molecule has 180 valence electrons. The van der Waals surface area contributed by atoms with Crippen LogP contribution in [0.2, 0.25) is 0 Å². The molecule has 4 rings (SSSR count).